The lowest BCUT2D eigenvalue weighted by Gasteiger charge is -2.25. The van der Waals surface area contributed by atoms with Crippen molar-refractivity contribution in [1.82, 2.24) is 0 Å². The Morgan fingerprint density at radius 1 is 0.404 bits per heavy atom. The highest BCUT2D eigenvalue weighted by Gasteiger charge is 2.24. The maximum atomic E-state index is 7.06. The van der Waals surface area contributed by atoms with Crippen molar-refractivity contribution in [3.05, 3.63) is 176 Å². The zero-order chi connectivity index (χ0) is 34.2. The summed E-state index contributed by atoms with van der Waals surface area (Å²) in [5.41, 5.74) is 11.2. The predicted molar refractivity (Wildman–Crippen MR) is 219 cm³/mol. The number of hydrogen-bond acceptors (Lipinski definition) is 4. The SMILES string of the molecule is c1ccc(-c2ccc(N(c3ccccc3)c3ccc4c(c3)oc3c(-c5cccc6c5sc5ccccc56)c5c(cc34)oc3ccccc35)cc2)cc1. The largest absolute Gasteiger partial charge is 0.456 e. The van der Waals surface area contributed by atoms with E-state index in [4.69, 9.17) is 8.83 Å². The third-order valence-electron chi connectivity index (χ3n) is 10.3. The molecule has 8 aromatic carbocycles. The van der Waals surface area contributed by atoms with Crippen LogP contribution in [-0.4, -0.2) is 0 Å². The molecule has 52 heavy (non-hydrogen) atoms. The van der Waals surface area contributed by atoms with Gasteiger partial charge in [0, 0.05) is 76.0 Å². The quantitative estimate of drug-likeness (QED) is 0.181. The van der Waals surface area contributed by atoms with E-state index in [0.717, 1.165) is 72.1 Å². The molecule has 11 aromatic rings. The normalized spacial score (nSPS) is 11.8. The first-order chi connectivity index (χ1) is 25.8. The molecular formula is C48H29NO2S. The minimum Gasteiger partial charge on any atom is -0.456 e. The van der Waals surface area contributed by atoms with Gasteiger partial charge in [-0.1, -0.05) is 115 Å². The fourth-order valence-electron chi connectivity index (χ4n) is 7.90. The lowest BCUT2D eigenvalue weighted by molar-refractivity contribution is 0.664. The van der Waals surface area contributed by atoms with Gasteiger partial charge in [-0.05, 0) is 65.7 Å². The van der Waals surface area contributed by atoms with Crippen molar-refractivity contribution in [3.8, 4) is 22.3 Å². The highest BCUT2D eigenvalue weighted by molar-refractivity contribution is 7.26. The Morgan fingerprint density at radius 2 is 1.08 bits per heavy atom. The van der Waals surface area contributed by atoms with Crippen molar-refractivity contribution in [3.63, 3.8) is 0 Å². The van der Waals surface area contributed by atoms with Gasteiger partial charge in [0.15, 0.2) is 0 Å². The summed E-state index contributed by atoms with van der Waals surface area (Å²) in [7, 11) is 0. The van der Waals surface area contributed by atoms with Gasteiger partial charge in [0.1, 0.15) is 22.3 Å². The van der Waals surface area contributed by atoms with Gasteiger partial charge in [-0.15, -0.1) is 11.3 Å². The molecular weight excluding hydrogens is 655 g/mol. The van der Waals surface area contributed by atoms with Crippen molar-refractivity contribution >= 4 is 92.4 Å². The molecule has 0 saturated carbocycles. The first-order valence-corrected chi connectivity index (χ1v) is 18.3. The third kappa shape index (κ3) is 4.45. The zero-order valence-electron chi connectivity index (χ0n) is 27.9. The maximum absolute atomic E-state index is 7.06. The fraction of sp³-hybridized carbons (Fsp3) is 0. The molecule has 11 rings (SSSR count). The van der Waals surface area contributed by atoms with E-state index in [1.165, 1.54) is 31.3 Å². The molecule has 4 heteroatoms. The average Bonchev–Trinajstić information content (AvgIpc) is 3.89. The van der Waals surface area contributed by atoms with E-state index < -0.39 is 0 Å². The van der Waals surface area contributed by atoms with E-state index in [1.54, 1.807) is 0 Å². The number of para-hydroxylation sites is 2. The van der Waals surface area contributed by atoms with E-state index in [1.807, 2.05) is 17.4 Å². The molecule has 3 aromatic heterocycles. The molecule has 3 nitrogen and oxygen atoms in total. The molecule has 3 heterocycles. The molecule has 0 N–H and O–H groups in total. The van der Waals surface area contributed by atoms with Crippen molar-refractivity contribution in [2.45, 2.75) is 0 Å². The van der Waals surface area contributed by atoms with Crippen LogP contribution < -0.4 is 4.90 Å². The summed E-state index contributed by atoms with van der Waals surface area (Å²) in [6.45, 7) is 0. The van der Waals surface area contributed by atoms with Crippen LogP contribution in [-0.2, 0) is 0 Å². The Hall–Kier alpha value is -6.62. The standard InChI is InChI=1S/C48H29NO2S/c1-3-12-30(13-4-1)31-22-24-33(25-23-31)49(32-14-5-2-6-15-32)34-26-27-35-40-29-43-45(38-17-7-9-20-41(38)50-43)46(47(40)51-42(35)28-34)39-19-11-18-37-36-16-8-10-21-44(36)52-48(37)39/h1-29H. The van der Waals surface area contributed by atoms with Crippen LogP contribution in [0.2, 0.25) is 0 Å². The molecule has 0 bridgehead atoms. The van der Waals surface area contributed by atoms with Gasteiger partial charge in [0.2, 0.25) is 0 Å². The van der Waals surface area contributed by atoms with Crippen LogP contribution in [0.3, 0.4) is 0 Å². The number of nitrogens with zero attached hydrogens (tertiary/aromatic N) is 1. The van der Waals surface area contributed by atoms with Gasteiger partial charge >= 0.3 is 0 Å². The number of hydrogen-bond donors (Lipinski definition) is 0. The lowest BCUT2D eigenvalue weighted by Crippen LogP contribution is -2.09. The average molecular weight is 684 g/mol. The van der Waals surface area contributed by atoms with Crippen molar-refractivity contribution in [2.75, 3.05) is 4.90 Å². The Labute approximate surface area is 303 Å². The molecule has 0 unspecified atom stereocenters. The topological polar surface area (TPSA) is 29.5 Å². The zero-order valence-corrected chi connectivity index (χ0v) is 28.7. The van der Waals surface area contributed by atoms with Crippen LogP contribution in [0.5, 0.6) is 0 Å². The summed E-state index contributed by atoms with van der Waals surface area (Å²) >= 11 is 1.84. The summed E-state index contributed by atoms with van der Waals surface area (Å²) in [5.74, 6) is 0. The molecule has 0 saturated heterocycles. The first-order valence-electron chi connectivity index (χ1n) is 17.5. The Kier molecular flexibility index (Phi) is 6.42. The van der Waals surface area contributed by atoms with Gasteiger partial charge < -0.3 is 13.7 Å². The van der Waals surface area contributed by atoms with Crippen LogP contribution in [0, 0.1) is 0 Å². The van der Waals surface area contributed by atoms with Gasteiger partial charge in [0.05, 0.1) is 0 Å². The van der Waals surface area contributed by atoms with E-state index in [-0.39, 0.29) is 0 Å². The molecule has 244 valence electrons. The monoisotopic (exact) mass is 683 g/mol. The molecule has 0 spiro atoms. The van der Waals surface area contributed by atoms with E-state index in [9.17, 15) is 0 Å². The number of furan rings is 2. The Bertz CT molecular complexity index is 3120. The highest BCUT2D eigenvalue weighted by atomic mass is 32.1. The predicted octanol–water partition coefficient (Wildman–Crippen LogP) is 14.7. The summed E-state index contributed by atoms with van der Waals surface area (Å²) in [6, 6.07) is 62.2. The molecule has 0 aliphatic heterocycles. The minimum atomic E-state index is 0.830. The number of anilines is 3. The van der Waals surface area contributed by atoms with E-state index >= 15 is 0 Å². The minimum absolute atomic E-state index is 0.830. The number of fused-ring (bicyclic) bond motifs is 9. The molecule has 0 fully saturated rings. The van der Waals surface area contributed by atoms with E-state index in [2.05, 4.69) is 175 Å². The maximum Gasteiger partial charge on any atom is 0.144 e. The molecule has 0 atom stereocenters. The highest BCUT2D eigenvalue weighted by Crippen LogP contribution is 2.49. The Balaban J connectivity index is 1.15. The van der Waals surface area contributed by atoms with Gasteiger partial charge in [-0.2, -0.15) is 0 Å². The molecule has 0 amide bonds. The second-order valence-corrected chi connectivity index (χ2v) is 14.3. The lowest BCUT2D eigenvalue weighted by atomic mass is 9.95. The first kappa shape index (κ1) is 29.1. The summed E-state index contributed by atoms with van der Waals surface area (Å²) in [4.78, 5) is 2.29. The van der Waals surface area contributed by atoms with Gasteiger partial charge in [-0.3, -0.25) is 0 Å². The van der Waals surface area contributed by atoms with Crippen LogP contribution in [0.15, 0.2) is 185 Å². The van der Waals surface area contributed by atoms with Crippen LogP contribution in [0.1, 0.15) is 0 Å². The summed E-state index contributed by atoms with van der Waals surface area (Å²) in [6.07, 6.45) is 0. The second-order valence-electron chi connectivity index (χ2n) is 13.2. The van der Waals surface area contributed by atoms with Gasteiger partial charge in [-0.25, -0.2) is 0 Å². The fourth-order valence-corrected chi connectivity index (χ4v) is 9.12. The smallest absolute Gasteiger partial charge is 0.144 e. The molecule has 0 radical (unpaired) electrons. The van der Waals surface area contributed by atoms with Crippen molar-refractivity contribution in [2.24, 2.45) is 0 Å². The van der Waals surface area contributed by atoms with Crippen molar-refractivity contribution in [1.29, 1.82) is 0 Å². The third-order valence-corrected chi connectivity index (χ3v) is 11.5. The van der Waals surface area contributed by atoms with Crippen LogP contribution in [0.4, 0.5) is 17.1 Å². The summed E-state index contributed by atoms with van der Waals surface area (Å²) in [5, 5.41) is 6.79. The molecule has 0 aliphatic carbocycles. The van der Waals surface area contributed by atoms with Crippen LogP contribution in [0.25, 0.3) is 86.3 Å². The number of thiophene rings is 1. The number of rotatable bonds is 5. The van der Waals surface area contributed by atoms with Crippen LogP contribution >= 0.6 is 11.3 Å². The van der Waals surface area contributed by atoms with Gasteiger partial charge in [0.25, 0.3) is 0 Å². The van der Waals surface area contributed by atoms with E-state index in [0.29, 0.717) is 0 Å². The van der Waals surface area contributed by atoms with Crippen molar-refractivity contribution < 1.29 is 8.83 Å². The Morgan fingerprint density at radius 3 is 1.92 bits per heavy atom. The second kappa shape index (κ2) is 11.5. The molecule has 0 aliphatic rings. The summed E-state index contributed by atoms with van der Waals surface area (Å²) < 4.78 is 16.2. The number of benzene rings is 8.